The van der Waals surface area contributed by atoms with Gasteiger partial charge in [-0.05, 0) is 48.5 Å². The molecule has 0 fully saturated rings. The number of hydrogen-bond acceptors (Lipinski definition) is 4. The molecule has 0 saturated carbocycles. The molecule has 4 rings (SSSR count). The topological polar surface area (TPSA) is 51.2 Å². The summed E-state index contributed by atoms with van der Waals surface area (Å²) in [6.07, 6.45) is 1.61. The van der Waals surface area contributed by atoms with Crippen LogP contribution in [0.15, 0.2) is 107 Å². The third kappa shape index (κ3) is 4.53. The number of aromatic nitrogens is 1. The highest BCUT2D eigenvalue weighted by molar-refractivity contribution is 7.99. The van der Waals surface area contributed by atoms with Gasteiger partial charge in [0, 0.05) is 32.8 Å². The number of carbonyl (C=O) groups is 1. The van der Waals surface area contributed by atoms with Crippen molar-refractivity contribution in [1.82, 2.24) is 4.98 Å². The van der Waals surface area contributed by atoms with E-state index in [4.69, 9.17) is 4.74 Å². The molecule has 30 heavy (non-hydrogen) atoms. The number of benzene rings is 3. The second-order valence-electron chi connectivity index (χ2n) is 6.49. The highest BCUT2D eigenvalue weighted by atomic mass is 32.2. The van der Waals surface area contributed by atoms with Gasteiger partial charge in [0.15, 0.2) is 0 Å². The monoisotopic (exact) mass is 412 g/mol. The van der Waals surface area contributed by atoms with Gasteiger partial charge in [0.05, 0.1) is 7.11 Å². The maximum atomic E-state index is 12.7. The highest BCUT2D eigenvalue weighted by Crippen LogP contribution is 2.40. The van der Waals surface area contributed by atoms with Crippen LogP contribution in [0.4, 0.5) is 5.69 Å². The smallest absolute Gasteiger partial charge is 0.274 e. The van der Waals surface area contributed by atoms with E-state index in [1.54, 1.807) is 43.3 Å². The van der Waals surface area contributed by atoms with Crippen molar-refractivity contribution in [2.45, 2.75) is 9.79 Å². The summed E-state index contributed by atoms with van der Waals surface area (Å²) in [5.74, 6) is 0.511. The molecule has 1 amide bonds. The number of nitrogens with zero attached hydrogens (tertiary/aromatic N) is 1. The number of rotatable bonds is 6. The molecule has 1 aromatic heterocycles. The number of nitrogens with one attached hydrogen (secondary N) is 1. The van der Waals surface area contributed by atoms with Gasteiger partial charge in [-0.1, -0.05) is 54.2 Å². The summed E-state index contributed by atoms with van der Waals surface area (Å²) in [6, 6.07) is 29.2. The van der Waals surface area contributed by atoms with E-state index in [0.29, 0.717) is 5.69 Å². The summed E-state index contributed by atoms with van der Waals surface area (Å²) < 4.78 is 5.47. The second-order valence-corrected chi connectivity index (χ2v) is 7.61. The molecular formula is C25H20N2O2S. The minimum absolute atomic E-state index is 0.247. The van der Waals surface area contributed by atoms with E-state index in [1.807, 2.05) is 60.7 Å². The summed E-state index contributed by atoms with van der Waals surface area (Å²) in [5.41, 5.74) is 2.99. The summed E-state index contributed by atoms with van der Waals surface area (Å²) >= 11 is 1.67. The number of carbonyl (C=O) groups excluding carboxylic acids is 1. The van der Waals surface area contributed by atoms with Gasteiger partial charge in [0.1, 0.15) is 11.4 Å². The molecule has 0 radical (unpaired) electrons. The number of para-hydroxylation sites is 1. The summed E-state index contributed by atoms with van der Waals surface area (Å²) in [5, 5.41) is 3.00. The molecule has 0 spiro atoms. The molecule has 148 valence electrons. The quantitative estimate of drug-likeness (QED) is 0.412. The van der Waals surface area contributed by atoms with Crippen LogP contribution < -0.4 is 10.1 Å². The van der Waals surface area contributed by atoms with Crippen LogP contribution in [-0.4, -0.2) is 18.0 Å². The molecule has 3 aromatic carbocycles. The van der Waals surface area contributed by atoms with Crippen molar-refractivity contribution in [3.05, 3.63) is 103 Å². The molecule has 5 heteroatoms. The van der Waals surface area contributed by atoms with Gasteiger partial charge in [-0.25, -0.2) is 0 Å². The first-order valence-electron chi connectivity index (χ1n) is 9.47. The summed E-state index contributed by atoms with van der Waals surface area (Å²) in [6.45, 7) is 0. The minimum atomic E-state index is -0.247. The van der Waals surface area contributed by atoms with E-state index < -0.39 is 0 Å². The average molecular weight is 413 g/mol. The lowest BCUT2D eigenvalue weighted by molar-refractivity contribution is 0.102. The molecular weight excluding hydrogens is 392 g/mol. The highest BCUT2D eigenvalue weighted by Gasteiger charge is 2.15. The van der Waals surface area contributed by atoms with Crippen LogP contribution >= 0.6 is 11.8 Å². The Morgan fingerprint density at radius 1 is 0.867 bits per heavy atom. The molecule has 0 aliphatic rings. The van der Waals surface area contributed by atoms with Gasteiger partial charge in [-0.2, -0.15) is 0 Å². The maximum Gasteiger partial charge on any atom is 0.274 e. The van der Waals surface area contributed by atoms with Gasteiger partial charge in [-0.15, -0.1) is 0 Å². The number of amides is 1. The summed E-state index contributed by atoms with van der Waals surface area (Å²) in [7, 11) is 1.65. The van der Waals surface area contributed by atoms with Crippen molar-refractivity contribution in [2.75, 3.05) is 12.4 Å². The Morgan fingerprint density at radius 2 is 1.63 bits per heavy atom. The first-order valence-corrected chi connectivity index (χ1v) is 10.3. The van der Waals surface area contributed by atoms with Crippen LogP contribution in [0.5, 0.6) is 5.75 Å². The SMILES string of the molecule is COc1ccc(Sc2ccccc2)c(-c2ccccc2NC(=O)c2ccccn2)c1. The maximum absolute atomic E-state index is 12.7. The fraction of sp³-hybridized carbons (Fsp3) is 0.0400. The van der Waals surface area contributed by atoms with Crippen LogP contribution in [0.25, 0.3) is 11.1 Å². The normalized spacial score (nSPS) is 10.4. The van der Waals surface area contributed by atoms with Crippen LogP contribution in [0.1, 0.15) is 10.5 Å². The molecule has 4 aromatic rings. The van der Waals surface area contributed by atoms with Gasteiger partial charge in [-0.3, -0.25) is 9.78 Å². The van der Waals surface area contributed by atoms with E-state index in [2.05, 4.69) is 22.4 Å². The first kappa shape index (κ1) is 19.7. The Labute approximate surface area is 180 Å². The van der Waals surface area contributed by atoms with Gasteiger partial charge in [0.25, 0.3) is 5.91 Å². The van der Waals surface area contributed by atoms with Crippen molar-refractivity contribution in [3.8, 4) is 16.9 Å². The lowest BCUT2D eigenvalue weighted by atomic mass is 10.0. The van der Waals surface area contributed by atoms with Crippen LogP contribution in [0.3, 0.4) is 0 Å². The molecule has 0 aliphatic heterocycles. The predicted molar refractivity (Wildman–Crippen MR) is 121 cm³/mol. The van der Waals surface area contributed by atoms with E-state index >= 15 is 0 Å². The van der Waals surface area contributed by atoms with Gasteiger partial charge < -0.3 is 10.1 Å². The Kier molecular flexibility index (Phi) is 6.11. The second kappa shape index (κ2) is 9.29. The third-order valence-electron chi connectivity index (χ3n) is 4.52. The number of ether oxygens (including phenoxy) is 1. The number of anilines is 1. The van der Waals surface area contributed by atoms with Crippen molar-refractivity contribution >= 4 is 23.4 Å². The molecule has 0 unspecified atom stereocenters. The molecule has 4 nitrogen and oxygen atoms in total. The Balaban J connectivity index is 1.74. The summed E-state index contributed by atoms with van der Waals surface area (Å²) in [4.78, 5) is 19.0. The fourth-order valence-corrected chi connectivity index (χ4v) is 4.02. The Morgan fingerprint density at radius 3 is 2.40 bits per heavy atom. The predicted octanol–water partition coefficient (Wildman–Crippen LogP) is 6.16. The van der Waals surface area contributed by atoms with Gasteiger partial charge in [0.2, 0.25) is 0 Å². The van der Waals surface area contributed by atoms with Crippen LogP contribution in [0, 0.1) is 0 Å². The van der Waals surface area contributed by atoms with Crippen molar-refractivity contribution < 1.29 is 9.53 Å². The molecule has 1 N–H and O–H groups in total. The van der Waals surface area contributed by atoms with E-state index in [0.717, 1.165) is 32.4 Å². The average Bonchev–Trinajstić information content (AvgIpc) is 2.81. The fourth-order valence-electron chi connectivity index (χ4n) is 3.06. The largest absolute Gasteiger partial charge is 0.497 e. The van der Waals surface area contributed by atoms with Crippen molar-refractivity contribution in [1.29, 1.82) is 0 Å². The number of pyridine rings is 1. The molecule has 0 atom stereocenters. The number of methoxy groups -OCH3 is 1. The first-order chi connectivity index (χ1) is 14.7. The molecule has 0 bridgehead atoms. The van der Waals surface area contributed by atoms with E-state index in [9.17, 15) is 4.79 Å². The van der Waals surface area contributed by atoms with Crippen molar-refractivity contribution in [3.63, 3.8) is 0 Å². The minimum Gasteiger partial charge on any atom is -0.497 e. The Hall–Kier alpha value is -3.57. The molecule has 0 saturated heterocycles. The third-order valence-corrected chi connectivity index (χ3v) is 5.60. The lowest BCUT2D eigenvalue weighted by Gasteiger charge is -2.15. The van der Waals surface area contributed by atoms with Crippen LogP contribution in [-0.2, 0) is 0 Å². The van der Waals surface area contributed by atoms with E-state index in [1.165, 1.54) is 0 Å². The molecule has 1 heterocycles. The zero-order valence-corrected chi connectivity index (χ0v) is 17.2. The van der Waals surface area contributed by atoms with Gasteiger partial charge >= 0.3 is 0 Å². The zero-order valence-electron chi connectivity index (χ0n) is 16.4. The standard InChI is InChI=1S/C25H20N2O2S/c1-29-18-14-15-24(30-19-9-3-2-4-10-19)21(17-18)20-11-5-6-12-22(20)27-25(28)23-13-7-8-16-26-23/h2-17H,1H3,(H,27,28). The van der Waals surface area contributed by atoms with Crippen LogP contribution in [0.2, 0.25) is 0 Å². The van der Waals surface area contributed by atoms with E-state index in [-0.39, 0.29) is 5.91 Å². The molecule has 0 aliphatic carbocycles. The lowest BCUT2D eigenvalue weighted by Crippen LogP contribution is -2.14. The Bertz CT molecular complexity index is 1150. The van der Waals surface area contributed by atoms with Crippen molar-refractivity contribution in [2.24, 2.45) is 0 Å². The number of hydrogen-bond donors (Lipinski definition) is 1. The zero-order chi connectivity index (χ0) is 20.8.